The van der Waals surface area contributed by atoms with Crippen molar-refractivity contribution >= 4 is 33.4 Å². The van der Waals surface area contributed by atoms with Crippen molar-refractivity contribution in [1.29, 1.82) is 0 Å². The number of hydrogen-bond acceptors (Lipinski definition) is 5. The molecule has 0 aromatic heterocycles. The predicted molar refractivity (Wildman–Crippen MR) is 130 cm³/mol. The second-order valence-corrected chi connectivity index (χ2v) is 10.00. The number of nitrogens with one attached hydrogen (secondary N) is 2. The van der Waals surface area contributed by atoms with E-state index >= 15 is 0 Å². The fourth-order valence-electron chi connectivity index (χ4n) is 3.02. The molecule has 0 unspecified atom stereocenters. The standard InChI is InChI=1S/C24H25FN2O4S2/c1-17-7-12-21(33(29,30)27-19-8-10-20(31-2)11-9-19)15-22(17)24(28)26-13-14-32-16-18-5-3-4-6-23(18)25/h3-12,15,27H,13-14,16H2,1-2H3,(H,26,28). The molecule has 1 amide bonds. The van der Waals surface area contributed by atoms with Gasteiger partial charge in [0.25, 0.3) is 15.9 Å². The number of halogens is 1. The van der Waals surface area contributed by atoms with Gasteiger partial charge in [0.1, 0.15) is 11.6 Å². The van der Waals surface area contributed by atoms with E-state index < -0.39 is 10.0 Å². The van der Waals surface area contributed by atoms with Crippen molar-refractivity contribution in [3.05, 3.63) is 89.2 Å². The van der Waals surface area contributed by atoms with Gasteiger partial charge in [-0.3, -0.25) is 9.52 Å². The first-order valence-electron chi connectivity index (χ1n) is 10.2. The minimum Gasteiger partial charge on any atom is -0.497 e. The Bertz CT molecular complexity index is 1220. The molecule has 3 rings (SSSR count). The molecule has 6 nitrogen and oxygen atoms in total. The van der Waals surface area contributed by atoms with Gasteiger partial charge < -0.3 is 10.1 Å². The summed E-state index contributed by atoms with van der Waals surface area (Å²) in [6.45, 7) is 2.12. The van der Waals surface area contributed by atoms with Crippen molar-refractivity contribution in [3.63, 3.8) is 0 Å². The molecule has 0 atom stereocenters. The third-order valence-electron chi connectivity index (χ3n) is 4.85. The summed E-state index contributed by atoms with van der Waals surface area (Å²) in [6, 6.07) is 17.5. The van der Waals surface area contributed by atoms with Crippen LogP contribution in [0.2, 0.25) is 0 Å². The van der Waals surface area contributed by atoms with E-state index in [9.17, 15) is 17.6 Å². The summed E-state index contributed by atoms with van der Waals surface area (Å²) in [4.78, 5) is 12.6. The molecular weight excluding hydrogens is 463 g/mol. The molecule has 0 saturated carbocycles. The third kappa shape index (κ3) is 6.72. The van der Waals surface area contributed by atoms with Crippen LogP contribution in [0.25, 0.3) is 0 Å². The van der Waals surface area contributed by atoms with Gasteiger partial charge >= 0.3 is 0 Å². The normalized spacial score (nSPS) is 11.1. The van der Waals surface area contributed by atoms with Crippen LogP contribution in [0.1, 0.15) is 21.5 Å². The van der Waals surface area contributed by atoms with Crippen LogP contribution in [0, 0.1) is 12.7 Å². The number of amides is 1. The maximum atomic E-state index is 13.7. The summed E-state index contributed by atoms with van der Waals surface area (Å²) >= 11 is 1.50. The predicted octanol–water partition coefficient (Wildman–Crippen LogP) is 4.61. The SMILES string of the molecule is COc1ccc(NS(=O)(=O)c2ccc(C)c(C(=O)NCCSCc3ccccc3F)c2)cc1. The van der Waals surface area contributed by atoms with E-state index in [4.69, 9.17) is 4.74 Å². The lowest BCUT2D eigenvalue weighted by Gasteiger charge is -2.12. The Kier molecular flexibility index (Phi) is 8.35. The lowest BCUT2D eigenvalue weighted by atomic mass is 10.1. The number of ether oxygens (including phenoxy) is 1. The first-order chi connectivity index (χ1) is 15.8. The van der Waals surface area contributed by atoms with Gasteiger partial charge in [-0.25, -0.2) is 12.8 Å². The van der Waals surface area contributed by atoms with Gasteiger partial charge in [-0.05, 0) is 60.5 Å². The molecule has 0 radical (unpaired) electrons. The first-order valence-corrected chi connectivity index (χ1v) is 12.8. The molecule has 3 aromatic carbocycles. The molecule has 0 spiro atoms. The van der Waals surface area contributed by atoms with Crippen LogP contribution in [-0.2, 0) is 15.8 Å². The van der Waals surface area contributed by atoms with Crippen molar-refractivity contribution in [2.75, 3.05) is 24.1 Å². The lowest BCUT2D eigenvalue weighted by Crippen LogP contribution is -2.27. The molecule has 174 valence electrons. The van der Waals surface area contributed by atoms with Crippen LogP contribution in [0.5, 0.6) is 5.75 Å². The van der Waals surface area contributed by atoms with E-state index in [-0.39, 0.29) is 22.2 Å². The summed E-state index contributed by atoms with van der Waals surface area (Å²) in [5.41, 5.74) is 1.95. The van der Waals surface area contributed by atoms with Crippen molar-refractivity contribution < 1.29 is 22.3 Å². The minimum atomic E-state index is -3.88. The zero-order valence-electron chi connectivity index (χ0n) is 18.3. The lowest BCUT2D eigenvalue weighted by molar-refractivity contribution is 0.0955. The van der Waals surface area contributed by atoms with Gasteiger partial charge in [-0.1, -0.05) is 24.3 Å². The number of aryl methyl sites for hydroxylation is 1. The Morgan fingerprint density at radius 1 is 1.06 bits per heavy atom. The van der Waals surface area contributed by atoms with Crippen molar-refractivity contribution in [1.82, 2.24) is 5.32 Å². The van der Waals surface area contributed by atoms with Gasteiger partial charge in [-0.2, -0.15) is 11.8 Å². The van der Waals surface area contributed by atoms with Crippen molar-refractivity contribution in [2.45, 2.75) is 17.6 Å². The van der Waals surface area contributed by atoms with Gasteiger partial charge in [0.15, 0.2) is 0 Å². The zero-order chi connectivity index (χ0) is 23.8. The third-order valence-corrected chi connectivity index (χ3v) is 7.24. The summed E-state index contributed by atoms with van der Waals surface area (Å²) in [5, 5.41) is 2.80. The van der Waals surface area contributed by atoms with Crippen LogP contribution in [0.15, 0.2) is 71.6 Å². The second-order valence-electron chi connectivity index (χ2n) is 7.21. The Balaban J connectivity index is 1.60. The molecule has 3 aromatic rings. The molecule has 0 heterocycles. The van der Waals surface area contributed by atoms with E-state index in [0.29, 0.717) is 40.6 Å². The molecule has 0 fully saturated rings. The molecule has 0 bridgehead atoms. The molecule has 2 N–H and O–H groups in total. The Hall–Kier alpha value is -3.04. The highest BCUT2D eigenvalue weighted by molar-refractivity contribution is 7.98. The second kappa shape index (κ2) is 11.2. The summed E-state index contributed by atoms with van der Waals surface area (Å²) in [5.74, 6) is 1.10. The van der Waals surface area contributed by atoms with Crippen LogP contribution in [-0.4, -0.2) is 33.7 Å². The van der Waals surface area contributed by atoms with Crippen LogP contribution in [0.3, 0.4) is 0 Å². The van der Waals surface area contributed by atoms with Crippen LogP contribution >= 0.6 is 11.8 Å². The fraction of sp³-hybridized carbons (Fsp3) is 0.208. The monoisotopic (exact) mass is 488 g/mol. The van der Waals surface area contributed by atoms with Crippen molar-refractivity contribution in [3.8, 4) is 5.75 Å². The number of carbonyl (C=O) groups is 1. The summed E-state index contributed by atoms with van der Waals surface area (Å²) in [6.07, 6.45) is 0. The fourth-order valence-corrected chi connectivity index (χ4v) is 4.94. The van der Waals surface area contributed by atoms with Gasteiger partial charge in [-0.15, -0.1) is 0 Å². The summed E-state index contributed by atoms with van der Waals surface area (Å²) < 4.78 is 46.8. The average Bonchev–Trinajstić information content (AvgIpc) is 2.80. The molecule has 0 aliphatic carbocycles. The van der Waals surface area contributed by atoms with E-state index in [1.807, 2.05) is 0 Å². The Morgan fingerprint density at radius 2 is 1.79 bits per heavy atom. The number of rotatable bonds is 10. The minimum absolute atomic E-state index is 0.0111. The van der Waals surface area contributed by atoms with Gasteiger partial charge in [0, 0.05) is 29.3 Å². The van der Waals surface area contributed by atoms with Gasteiger partial charge in [0.2, 0.25) is 0 Å². The molecule has 0 aliphatic heterocycles. The molecule has 33 heavy (non-hydrogen) atoms. The van der Waals surface area contributed by atoms with Gasteiger partial charge in [0.05, 0.1) is 12.0 Å². The average molecular weight is 489 g/mol. The molecule has 9 heteroatoms. The number of thioether (sulfide) groups is 1. The first kappa shape index (κ1) is 24.6. The van der Waals surface area contributed by atoms with Crippen LogP contribution < -0.4 is 14.8 Å². The van der Waals surface area contributed by atoms with E-state index in [2.05, 4.69) is 10.0 Å². The number of methoxy groups -OCH3 is 1. The number of anilines is 1. The number of hydrogen-bond donors (Lipinski definition) is 2. The quantitative estimate of drug-likeness (QED) is 0.407. The highest BCUT2D eigenvalue weighted by Gasteiger charge is 2.18. The Labute approximate surface area is 197 Å². The Morgan fingerprint density at radius 3 is 2.48 bits per heavy atom. The number of sulfonamides is 1. The maximum Gasteiger partial charge on any atom is 0.261 e. The molecule has 0 aliphatic rings. The van der Waals surface area contributed by atoms with E-state index in [1.54, 1.807) is 55.5 Å². The zero-order valence-corrected chi connectivity index (χ0v) is 19.9. The topological polar surface area (TPSA) is 84.5 Å². The maximum absolute atomic E-state index is 13.7. The highest BCUT2D eigenvalue weighted by Crippen LogP contribution is 2.21. The molecular formula is C24H25FN2O4S2. The van der Waals surface area contributed by atoms with E-state index in [1.165, 1.54) is 37.1 Å². The highest BCUT2D eigenvalue weighted by atomic mass is 32.2. The number of benzene rings is 3. The molecule has 0 saturated heterocycles. The number of carbonyl (C=O) groups excluding carboxylic acids is 1. The van der Waals surface area contributed by atoms with Crippen LogP contribution in [0.4, 0.5) is 10.1 Å². The summed E-state index contributed by atoms with van der Waals surface area (Å²) in [7, 11) is -2.35. The largest absolute Gasteiger partial charge is 0.497 e. The smallest absolute Gasteiger partial charge is 0.261 e. The van der Waals surface area contributed by atoms with E-state index in [0.717, 1.165) is 0 Å². The van der Waals surface area contributed by atoms with Crippen molar-refractivity contribution in [2.24, 2.45) is 0 Å².